The van der Waals surface area contributed by atoms with Gasteiger partial charge in [0, 0.05) is 6.07 Å². The number of rotatable bonds is 5. The second-order valence-electron chi connectivity index (χ2n) is 4.97. The molecule has 0 aromatic heterocycles. The third kappa shape index (κ3) is 4.17. The molecule has 0 aliphatic rings. The summed E-state index contributed by atoms with van der Waals surface area (Å²) >= 11 is 0. The van der Waals surface area contributed by atoms with E-state index in [1.807, 2.05) is 36.4 Å². The largest absolute Gasteiger partial charge is 0.296 e. The number of benzene rings is 3. The van der Waals surface area contributed by atoms with E-state index in [0.717, 1.165) is 0 Å². The van der Waals surface area contributed by atoms with E-state index in [-0.39, 0.29) is 11.4 Å². The van der Waals surface area contributed by atoms with Gasteiger partial charge in [-0.1, -0.05) is 42.5 Å². The molecule has 0 N–H and O–H groups in total. The second kappa shape index (κ2) is 7.69. The molecule has 7 nitrogen and oxygen atoms in total. The van der Waals surface area contributed by atoms with Crippen LogP contribution in [0.25, 0.3) is 0 Å². The molecule has 3 aromatic carbocycles. The predicted octanol–water partition coefficient (Wildman–Crippen LogP) is 6.43. The summed E-state index contributed by atoms with van der Waals surface area (Å²) in [5.41, 5.74) is 1.79. The maximum Gasteiger partial charge on any atom is 0.296 e. The molecule has 0 aliphatic heterocycles. The van der Waals surface area contributed by atoms with Gasteiger partial charge in [0.05, 0.1) is 10.6 Å². The second-order valence-corrected chi connectivity index (χ2v) is 4.97. The molecular weight excluding hydrogens is 318 g/mol. The number of azo groups is 2. The molecule has 0 bridgehead atoms. The number of nitro benzene ring substituents is 1. The lowest BCUT2D eigenvalue weighted by Crippen LogP contribution is -1.86. The number of nitro groups is 1. The van der Waals surface area contributed by atoms with Crippen LogP contribution in [0, 0.1) is 10.1 Å². The van der Waals surface area contributed by atoms with Crippen molar-refractivity contribution in [3.8, 4) is 0 Å². The van der Waals surface area contributed by atoms with E-state index in [0.29, 0.717) is 17.1 Å². The molecule has 7 heteroatoms. The van der Waals surface area contributed by atoms with Crippen molar-refractivity contribution >= 4 is 28.4 Å². The van der Waals surface area contributed by atoms with Crippen LogP contribution in [-0.4, -0.2) is 4.92 Å². The molecule has 0 heterocycles. The van der Waals surface area contributed by atoms with Gasteiger partial charge in [0.2, 0.25) is 0 Å². The maximum absolute atomic E-state index is 11.0. The summed E-state index contributed by atoms with van der Waals surface area (Å²) in [6.45, 7) is 0. The Hall–Kier alpha value is -3.74. The summed E-state index contributed by atoms with van der Waals surface area (Å²) in [5, 5.41) is 27.5. The molecule has 3 rings (SSSR count). The van der Waals surface area contributed by atoms with Crippen molar-refractivity contribution in [2.75, 3.05) is 0 Å². The molecule has 0 saturated heterocycles. The first-order valence-electron chi connectivity index (χ1n) is 7.45. The van der Waals surface area contributed by atoms with Gasteiger partial charge in [0.25, 0.3) is 5.69 Å². The Bertz CT molecular complexity index is 939. The van der Waals surface area contributed by atoms with Gasteiger partial charge in [-0.05, 0) is 30.3 Å². The van der Waals surface area contributed by atoms with E-state index >= 15 is 0 Å². The number of nitrogens with zero attached hydrogens (tertiary/aromatic N) is 5. The molecule has 0 aliphatic carbocycles. The van der Waals surface area contributed by atoms with Gasteiger partial charge in [0.1, 0.15) is 11.4 Å². The van der Waals surface area contributed by atoms with Gasteiger partial charge in [-0.15, -0.1) is 15.3 Å². The first-order chi connectivity index (χ1) is 12.2. The van der Waals surface area contributed by atoms with Crippen LogP contribution in [-0.2, 0) is 0 Å². The first kappa shape index (κ1) is 16.1. The molecule has 0 unspecified atom stereocenters. The van der Waals surface area contributed by atoms with Gasteiger partial charge in [0.15, 0.2) is 5.69 Å². The molecule has 3 aromatic rings. The molecule has 25 heavy (non-hydrogen) atoms. The van der Waals surface area contributed by atoms with Gasteiger partial charge < -0.3 is 0 Å². The SMILES string of the molecule is O=[N+]([O-])c1ccccc1N=Nc1ccccc1N=Nc1ccccc1. The highest BCUT2D eigenvalue weighted by Gasteiger charge is 2.11. The van der Waals surface area contributed by atoms with Gasteiger partial charge in [-0.3, -0.25) is 10.1 Å². The third-order valence-corrected chi connectivity index (χ3v) is 3.26. The highest BCUT2D eigenvalue weighted by molar-refractivity contribution is 5.62. The van der Waals surface area contributed by atoms with Crippen molar-refractivity contribution in [3.05, 3.63) is 89.0 Å². The topological polar surface area (TPSA) is 92.6 Å². The number of hydrogen-bond donors (Lipinski definition) is 0. The molecule has 122 valence electrons. The van der Waals surface area contributed by atoms with Crippen LogP contribution in [0.4, 0.5) is 28.4 Å². The van der Waals surface area contributed by atoms with Gasteiger partial charge >= 0.3 is 0 Å². The summed E-state index contributed by atoms with van der Waals surface area (Å²) in [4.78, 5) is 10.5. The minimum Gasteiger partial charge on any atom is -0.258 e. The van der Waals surface area contributed by atoms with E-state index < -0.39 is 4.92 Å². The lowest BCUT2D eigenvalue weighted by Gasteiger charge is -1.99. The Morgan fingerprint density at radius 2 is 1.08 bits per heavy atom. The molecule has 0 amide bonds. The molecule has 0 radical (unpaired) electrons. The van der Waals surface area contributed by atoms with E-state index in [4.69, 9.17) is 0 Å². The zero-order valence-corrected chi connectivity index (χ0v) is 13.1. The van der Waals surface area contributed by atoms with Crippen LogP contribution in [0.15, 0.2) is 99.3 Å². The third-order valence-electron chi connectivity index (χ3n) is 3.26. The monoisotopic (exact) mass is 331 g/mol. The zero-order chi connectivity index (χ0) is 17.5. The Morgan fingerprint density at radius 3 is 1.72 bits per heavy atom. The minimum atomic E-state index is -0.491. The Kier molecular flexibility index (Phi) is 4.96. The van der Waals surface area contributed by atoms with Crippen LogP contribution in [0.2, 0.25) is 0 Å². The summed E-state index contributed by atoms with van der Waals surface area (Å²) in [6.07, 6.45) is 0. The highest BCUT2D eigenvalue weighted by Crippen LogP contribution is 2.33. The fourth-order valence-electron chi connectivity index (χ4n) is 2.05. The van der Waals surface area contributed by atoms with E-state index in [1.54, 1.807) is 30.3 Å². The fraction of sp³-hybridized carbons (Fsp3) is 0. The van der Waals surface area contributed by atoms with Crippen molar-refractivity contribution in [1.29, 1.82) is 0 Å². The predicted molar refractivity (Wildman–Crippen MR) is 94.3 cm³/mol. The average molecular weight is 331 g/mol. The maximum atomic E-state index is 11.0. The van der Waals surface area contributed by atoms with Gasteiger partial charge in [-0.25, -0.2) is 0 Å². The summed E-state index contributed by atoms with van der Waals surface area (Å²) in [6, 6.07) is 22.5. The fourth-order valence-corrected chi connectivity index (χ4v) is 2.05. The van der Waals surface area contributed by atoms with Crippen molar-refractivity contribution in [3.63, 3.8) is 0 Å². The Balaban J connectivity index is 1.89. The average Bonchev–Trinajstić information content (AvgIpc) is 2.66. The quantitative estimate of drug-likeness (QED) is 0.306. The van der Waals surface area contributed by atoms with Crippen LogP contribution in [0.5, 0.6) is 0 Å². The van der Waals surface area contributed by atoms with Crippen molar-refractivity contribution < 1.29 is 4.92 Å². The Morgan fingerprint density at radius 1 is 0.600 bits per heavy atom. The van der Waals surface area contributed by atoms with Crippen LogP contribution >= 0.6 is 0 Å². The van der Waals surface area contributed by atoms with E-state index in [1.165, 1.54) is 12.1 Å². The standard InChI is InChI=1S/C18H13N5O2/c24-23(25)18-13-7-6-12-17(18)22-21-16-11-5-4-10-15(16)20-19-14-8-2-1-3-9-14/h1-13H. The number of para-hydroxylation sites is 1. The zero-order valence-electron chi connectivity index (χ0n) is 13.1. The normalized spacial score (nSPS) is 11.2. The van der Waals surface area contributed by atoms with Crippen molar-refractivity contribution in [2.24, 2.45) is 20.5 Å². The van der Waals surface area contributed by atoms with E-state index in [2.05, 4.69) is 20.5 Å². The smallest absolute Gasteiger partial charge is 0.258 e. The summed E-state index contributed by atoms with van der Waals surface area (Å²) < 4.78 is 0. The van der Waals surface area contributed by atoms with Gasteiger partial charge in [-0.2, -0.15) is 5.11 Å². The first-order valence-corrected chi connectivity index (χ1v) is 7.45. The van der Waals surface area contributed by atoms with Crippen LogP contribution < -0.4 is 0 Å². The van der Waals surface area contributed by atoms with Crippen LogP contribution in [0.1, 0.15) is 0 Å². The Labute approximate surface area is 143 Å². The van der Waals surface area contributed by atoms with Crippen molar-refractivity contribution in [1.82, 2.24) is 0 Å². The van der Waals surface area contributed by atoms with Crippen molar-refractivity contribution in [2.45, 2.75) is 0 Å². The molecular formula is C18H13N5O2. The lowest BCUT2D eigenvalue weighted by atomic mass is 10.3. The molecule has 0 spiro atoms. The summed E-state index contributed by atoms with van der Waals surface area (Å²) in [7, 11) is 0. The summed E-state index contributed by atoms with van der Waals surface area (Å²) in [5.74, 6) is 0. The number of hydrogen-bond acceptors (Lipinski definition) is 6. The van der Waals surface area contributed by atoms with E-state index in [9.17, 15) is 10.1 Å². The van der Waals surface area contributed by atoms with Crippen LogP contribution in [0.3, 0.4) is 0 Å². The minimum absolute atomic E-state index is 0.102. The highest BCUT2D eigenvalue weighted by atomic mass is 16.6. The molecule has 0 fully saturated rings. The molecule has 0 saturated carbocycles. The molecule has 0 atom stereocenters. The lowest BCUT2D eigenvalue weighted by molar-refractivity contribution is -0.384.